The summed E-state index contributed by atoms with van der Waals surface area (Å²) < 4.78 is 7.05. The summed E-state index contributed by atoms with van der Waals surface area (Å²) in [6, 6.07) is 16.2. The quantitative estimate of drug-likeness (QED) is 0.702. The maximum Gasteiger partial charge on any atom is 0.338 e. The van der Waals surface area contributed by atoms with Gasteiger partial charge in [0.1, 0.15) is 0 Å². The Morgan fingerprint density at radius 2 is 1.81 bits per heavy atom. The fourth-order valence-corrected chi connectivity index (χ4v) is 2.63. The fourth-order valence-electron chi connectivity index (χ4n) is 2.63. The van der Waals surface area contributed by atoms with Crippen LogP contribution in [0.15, 0.2) is 60.8 Å². The van der Waals surface area contributed by atoms with E-state index in [4.69, 9.17) is 4.74 Å². The number of nitrogens with zero attached hydrogens (tertiary/aromatic N) is 2. The molecule has 138 valence electrons. The summed E-state index contributed by atoms with van der Waals surface area (Å²) in [4.78, 5) is 24.5. The highest BCUT2D eigenvalue weighted by atomic mass is 16.5. The summed E-state index contributed by atoms with van der Waals surface area (Å²) in [6.07, 6.45) is 0.803. The molecular weight excluding hydrogens is 342 g/mol. The molecule has 0 unspecified atom stereocenters. The van der Waals surface area contributed by atoms with E-state index in [9.17, 15) is 9.59 Å². The van der Waals surface area contributed by atoms with Crippen molar-refractivity contribution in [2.75, 3.05) is 5.32 Å². The first-order valence-corrected chi connectivity index (χ1v) is 8.63. The molecule has 0 aliphatic carbocycles. The summed E-state index contributed by atoms with van der Waals surface area (Å²) in [5.41, 5.74) is 3.91. The number of aryl methyl sites for hydroxylation is 2. The lowest BCUT2D eigenvalue weighted by molar-refractivity contribution is -0.123. The van der Waals surface area contributed by atoms with Gasteiger partial charge in [0, 0.05) is 17.6 Å². The van der Waals surface area contributed by atoms with Crippen molar-refractivity contribution >= 4 is 17.6 Å². The largest absolute Gasteiger partial charge is 0.449 e. The lowest BCUT2D eigenvalue weighted by Crippen LogP contribution is -2.30. The molecule has 27 heavy (non-hydrogen) atoms. The van der Waals surface area contributed by atoms with Gasteiger partial charge in [0.25, 0.3) is 5.91 Å². The molecule has 1 amide bonds. The number of benzene rings is 2. The topological polar surface area (TPSA) is 73.2 Å². The van der Waals surface area contributed by atoms with Gasteiger partial charge in [-0.1, -0.05) is 12.1 Å². The van der Waals surface area contributed by atoms with Gasteiger partial charge in [0.2, 0.25) is 0 Å². The van der Waals surface area contributed by atoms with Crippen molar-refractivity contribution in [3.63, 3.8) is 0 Å². The first-order valence-electron chi connectivity index (χ1n) is 8.63. The molecule has 0 aliphatic heterocycles. The number of rotatable bonds is 5. The Morgan fingerprint density at radius 3 is 2.44 bits per heavy atom. The number of ether oxygens (including phenoxy) is 1. The number of anilines is 1. The maximum absolute atomic E-state index is 12.3. The van der Waals surface area contributed by atoms with Crippen molar-refractivity contribution in [3.05, 3.63) is 77.6 Å². The van der Waals surface area contributed by atoms with Crippen LogP contribution in [-0.4, -0.2) is 27.8 Å². The van der Waals surface area contributed by atoms with Crippen LogP contribution in [-0.2, 0) is 9.53 Å². The molecule has 0 spiro atoms. The minimum absolute atomic E-state index is 0.374. The first kappa shape index (κ1) is 18.4. The number of nitrogens with one attached hydrogen (secondary N) is 1. The molecule has 0 aliphatic rings. The number of hydrogen-bond acceptors (Lipinski definition) is 4. The smallest absolute Gasteiger partial charge is 0.338 e. The Balaban J connectivity index is 1.62. The lowest BCUT2D eigenvalue weighted by atomic mass is 10.2. The third-order valence-corrected chi connectivity index (χ3v) is 4.12. The third kappa shape index (κ3) is 4.41. The van der Waals surface area contributed by atoms with Gasteiger partial charge in [0.15, 0.2) is 6.10 Å². The van der Waals surface area contributed by atoms with Gasteiger partial charge in [-0.05, 0) is 68.8 Å². The number of carbonyl (C=O) groups is 2. The van der Waals surface area contributed by atoms with Crippen molar-refractivity contribution in [2.24, 2.45) is 0 Å². The second-order valence-corrected chi connectivity index (χ2v) is 6.34. The summed E-state index contributed by atoms with van der Waals surface area (Å²) in [5, 5.41) is 6.97. The van der Waals surface area contributed by atoms with Crippen molar-refractivity contribution in [1.82, 2.24) is 9.78 Å². The molecule has 3 rings (SSSR count). The van der Waals surface area contributed by atoms with E-state index in [0.717, 1.165) is 16.9 Å². The van der Waals surface area contributed by atoms with E-state index in [1.807, 2.05) is 38.1 Å². The third-order valence-electron chi connectivity index (χ3n) is 4.12. The molecule has 0 saturated heterocycles. The number of hydrogen-bond donors (Lipinski definition) is 1. The van der Waals surface area contributed by atoms with Crippen LogP contribution in [0.4, 0.5) is 5.69 Å². The molecule has 3 aromatic rings. The molecule has 0 fully saturated rings. The van der Waals surface area contributed by atoms with Crippen LogP contribution >= 0.6 is 0 Å². The van der Waals surface area contributed by atoms with Crippen LogP contribution in [0.3, 0.4) is 0 Å². The fraction of sp³-hybridized carbons (Fsp3) is 0.190. The predicted octanol–water partition coefficient (Wildman–Crippen LogP) is 3.67. The van der Waals surface area contributed by atoms with Gasteiger partial charge in [-0.25, -0.2) is 9.48 Å². The van der Waals surface area contributed by atoms with Crippen molar-refractivity contribution < 1.29 is 14.3 Å². The summed E-state index contributed by atoms with van der Waals surface area (Å²) in [5.74, 6) is -0.927. The Morgan fingerprint density at radius 1 is 1.07 bits per heavy atom. The second-order valence-electron chi connectivity index (χ2n) is 6.34. The zero-order valence-electron chi connectivity index (χ0n) is 15.5. The van der Waals surface area contributed by atoms with Gasteiger partial charge < -0.3 is 10.1 Å². The van der Waals surface area contributed by atoms with E-state index in [1.54, 1.807) is 48.1 Å². The van der Waals surface area contributed by atoms with Crippen LogP contribution in [0.1, 0.15) is 28.5 Å². The van der Waals surface area contributed by atoms with E-state index in [0.29, 0.717) is 11.3 Å². The number of carbonyl (C=O) groups excluding carboxylic acids is 2. The van der Waals surface area contributed by atoms with Gasteiger partial charge in [-0.2, -0.15) is 5.10 Å². The highest BCUT2D eigenvalue weighted by molar-refractivity contribution is 5.97. The van der Waals surface area contributed by atoms with Crippen molar-refractivity contribution in [3.8, 4) is 5.69 Å². The molecule has 1 N–H and O–H groups in total. The minimum Gasteiger partial charge on any atom is -0.449 e. The number of esters is 1. The van der Waals surface area contributed by atoms with Crippen LogP contribution in [0.25, 0.3) is 5.69 Å². The van der Waals surface area contributed by atoms with Gasteiger partial charge in [-0.3, -0.25) is 4.79 Å². The van der Waals surface area contributed by atoms with E-state index in [1.165, 1.54) is 0 Å². The summed E-state index contributed by atoms with van der Waals surface area (Å²) in [7, 11) is 0. The normalized spacial score (nSPS) is 11.7. The molecule has 2 aromatic carbocycles. The zero-order valence-corrected chi connectivity index (χ0v) is 15.5. The van der Waals surface area contributed by atoms with Crippen LogP contribution in [0, 0.1) is 13.8 Å². The van der Waals surface area contributed by atoms with Crippen molar-refractivity contribution in [1.29, 1.82) is 0 Å². The average Bonchev–Trinajstić information content (AvgIpc) is 3.07. The van der Waals surface area contributed by atoms with Crippen LogP contribution < -0.4 is 5.32 Å². The lowest BCUT2D eigenvalue weighted by Gasteiger charge is -2.14. The Bertz CT molecular complexity index is 961. The van der Waals surface area contributed by atoms with Crippen molar-refractivity contribution in [2.45, 2.75) is 26.9 Å². The monoisotopic (exact) mass is 363 g/mol. The zero-order chi connectivity index (χ0) is 19.4. The standard InChI is InChI=1S/C21H21N3O3/c1-14-5-4-6-18(13-14)23-20(25)16(3)27-21(26)17-7-9-19(10-8-17)24-15(2)11-12-22-24/h4-13,16H,1-3H3,(H,23,25)/t16-/m1/s1. The molecule has 0 saturated carbocycles. The summed E-state index contributed by atoms with van der Waals surface area (Å²) in [6.45, 7) is 5.43. The summed E-state index contributed by atoms with van der Waals surface area (Å²) >= 11 is 0. The van der Waals surface area contributed by atoms with E-state index in [-0.39, 0.29) is 5.91 Å². The molecule has 0 bridgehead atoms. The number of amides is 1. The molecule has 1 atom stereocenters. The van der Waals surface area contributed by atoms with E-state index < -0.39 is 12.1 Å². The van der Waals surface area contributed by atoms with Crippen LogP contribution in [0.2, 0.25) is 0 Å². The molecule has 1 aromatic heterocycles. The Kier molecular flexibility index (Phi) is 5.35. The minimum atomic E-state index is -0.911. The highest BCUT2D eigenvalue weighted by Gasteiger charge is 2.19. The molecule has 0 radical (unpaired) electrons. The highest BCUT2D eigenvalue weighted by Crippen LogP contribution is 2.14. The molecule has 6 heteroatoms. The van der Waals surface area contributed by atoms with Gasteiger partial charge in [-0.15, -0.1) is 0 Å². The molecule has 1 heterocycles. The van der Waals surface area contributed by atoms with Crippen LogP contribution in [0.5, 0.6) is 0 Å². The SMILES string of the molecule is Cc1cccc(NC(=O)[C@@H](C)OC(=O)c2ccc(-n3nccc3C)cc2)c1. The molecular formula is C21H21N3O3. The first-order chi connectivity index (χ1) is 12.9. The predicted molar refractivity (Wildman–Crippen MR) is 103 cm³/mol. The van der Waals surface area contributed by atoms with E-state index >= 15 is 0 Å². The number of aromatic nitrogens is 2. The van der Waals surface area contributed by atoms with E-state index in [2.05, 4.69) is 10.4 Å². The Labute approximate surface area is 157 Å². The van der Waals surface area contributed by atoms with Gasteiger partial charge >= 0.3 is 5.97 Å². The maximum atomic E-state index is 12.3. The average molecular weight is 363 g/mol. The second kappa shape index (κ2) is 7.86. The Hall–Kier alpha value is -3.41. The van der Waals surface area contributed by atoms with Gasteiger partial charge in [0.05, 0.1) is 11.3 Å². The molecule has 6 nitrogen and oxygen atoms in total.